The Kier molecular flexibility index (Phi) is 8.06. The number of aromatic nitrogens is 2. The fraction of sp³-hybridized carbons (Fsp3) is 0.400. The molecule has 8 nitrogen and oxygen atoms in total. The van der Waals surface area contributed by atoms with E-state index in [4.69, 9.17) is 4.74 Å². The monoisotopic (exact) mass is 582 g/mol. The fourth-order valence-corrected chi connectivity index (χ4v) is 5.84. The Balaban J connectivity index is 1.45. The second kappa shape index (κ2) is 11.6. The van der Waals surface area contributed by atoms with E-state index in [0.717, 1.165) is 37.8 Å². The molecule has 0 radical (unpaired) electrons. The first kappa shape index (κ1) is 29.3. The molecule has 0 saturated carbocycles. The molecule has 1 amide bonds. The summed E-state index contributed by atoms with van der Waals surface area (Å²) in [6.07, 6.45) is -0.380. The maximum absolute atomic E-state index is 14.0. The van der Waals surface area contributed by atoms with Crippen LogP contribution in [0.15, 0.2) is 48.8 Å². The van der Waals surface area contributed by atoms with Crippen molar-refractivity contribution in [2.24, 2.45) is 0 Å². The Morgan fingerprint density at radius 2 is 1.88 bits per heavy atom. The first-order valence-corrected chi connectivity index (χ1v) is 13.6. The zero-order valence-electron chi connectivity index (χ0n) is 23.2. The van der Waals surface area contributed by atoms with Gasteiger partial charge in [0.15, 0.2) is 0 Å². The lowest BCUT2D eigenvalue weighted by molar-refractivity contribution is -0.137. The van der Waals surface area contributed by atoms with E-state index in [-0.39, 0.29) is 23.4 Å². The minimum Gasteiger partial charge on any atom is -0.481 e. The van der Waals surface area contributed by atoms with Crippen LogP contribution in [0.1, 0.15) is 36.0 Å². The van der Waals surface area contributed by atoms with E-state index in [1.807, 2.05) is 18.0 Å². The maximum atomic E-state index is 14.0. The summed E-state index contributed by atoms with van der Waals surface area (Å²) < 4.78 is 58.9. The van der Waals surface area contributed by atoms with Crippen molar-refractivity contribution in [3.63, 3.8) is 0 Å². The number of likely N-dealkylation sites (N-methyl/N-ethyl adjacent to an activating group) is 1. The molecule has 42 heavy (non-hydrogen) atoms. The van der Waals surface area contributed by atoms with Gasteiger partial charge in [0.25, 0.3) is 0 Å². The number of nitrogens with one attached hydrogen (secondary N) is 1. The molecule has 12 heteroatoms. The van der Waals surface area contributed by atoms with Crippen LogP contribution in [0.5, 0.6) is 5.88 Å². The number of nitrogens with zero attached hydrogens (tertiary/aromatic N) is 5. The smallest absolute Gasteiger partial charge is 0.416 e. The van der Waals surface area contributed by atoms with Gasteiger partial charge in [-0.25, -0.2) is 9.37 Å². The number of carbonyl (C=O) groups is 1. The van der Waals surface area contributed by atoms with E-state index < -0.39 is 23.0 Å². The predicted molar refractivity (Wildman–Crippen MR) is 147 cm³/mol. The Hall–Kier alpha value is -4.24. The molecule has 2 aliphatic rings. The molecule has 0 bridgehead atoms. The molecule has 4 heterocycles. The molecule has 220 valence electrons. The normalized spacial score (nSPS) is 18.9. The SMILES string of the molecule is COc1ncc(F)cc1-c1ccc(C2(C(=O)N[C@@H]3CCN(C)C3)CCN(c3ccc(C(F)(F)F)cc3C#N)CC2)cn1. The Morgan fingerprint density at radius 3 is 2.48 bits per heavy atom. The first-order valence-electron chi connectivity index (χ1n) is 13.6. The third-order valence-corrected chi connectivity index (χ3v) is 8.17. The number of hydrogen-bond acceptors (Lipinski definition) is 7. The summed E-state index contributed by atoms with van der Waals surface area (Å²) in [5, 5.41) is 12.8. The van der Waals surface area contributed by atoms with Gasteiger partial charge in [-0.2, -0.15) is 18.4 Å². The van der Waals surface area contributed by atoms with Crippen LogP contribution in [-0.4, -0.2) is 67.2 Å². The van der Waals surface area contributed by atoms with Crippen molar-refractivity contribution < 1.29 is 27.1 Å². The van der Waals surface area contributed by atoms with Gasteiger partial charge in [0.2, 0.25) is 11.8 Å². The Morgan fingerprint density at radius 1 is 1.12 bits per heavy atom. The second-order valence-corrected chi connectivity index (χ2v) is 10.8. The van der Waals surface area contributed by atoms with Gasteiger partial charge in [0.05, 0.1) is 46.8 Å². The molecule has 1 aromatic carbocycles. The summed E-state index contributed by atoms with van der Waals surface area (Å²) in [6.45, 7) is 2.27. The van der Waals surface area contributed by atoms with E-state index in [2.05, 4.69) is 20.2 Å². The van der Waals surface area contributed by atoms with Crippen LogP contribution in [0, 0.1) is 17.1 Å². The third kappa shape index (κ3) is 5.74. The van der Waals surface area contributed by atoms with E-state index in [9.17, 15) is 27.6 Å². The number of benzene rings is 1. The maximum Gasteiger partial charge on any atom is 0.416 e. The van der Waals surface area contributed by atoms with Crippen LogP contribution in [0.4, 0.5) is 23.2 Å². The molecule has 2 saturated heterocycles. The molecular weight excluding hydrogens is 552 g/mol. The zero-order chi connectivity index (χ0) is 30.1. The molecule has 3 aromatic rings. The summed E-state index contributed by atoms with van der Waals surface area (Å²) >= 11 is 0. The fourth-order valence-electron chi connectivity index (χ4n) is 5.84. The minimum atomic E-state index is -4.56. The van der Waals surface area contributed by atoms with Gasteiger partial charge in [-0.05, 0) is 68.8 Å². The van der Waals surface area contributed by atoms with Gasteiger partial charge < -0.3 is 19.9 Å². The topological polar surface area (TPSA) is 94.4 Å². The van der Waals surface area contributed by atoms with Gasteiger partial charge in [0, 0.05) is 31.9 Å². The number of piperidine rings is 1. The highest BCUT2D eigenvalue weighted by Gasteiger charge is 2.44. The van der Waals surface area contributed by atoms with Crippen molar-refractivity contribution in [1.82, 2.24) is 20.2 Å². The van der Waals surface area contributed by atoms with Crippen LogP contribution in [0.3, 0.4) is 0 Å². The second-order valence-electron chi connectivity index (χ2n) is 10.8. The van der Waals surface area contributed by atoms with Crippen molar-refractivity contribution in [3.8, 4) is 23.2 Å². The highest BCUT2D eigenvalue weighted by Crippen LogP contribution is 2.40. The molecule has 5 rings (SSSR count). The number of anilines is 1. The van der Waals surface area contributed by atoms with E-state index in [0.29, 0.717) is 48.4 Å². The highest BCUT2D eigenvalue weighted by atomic mass is 19.4. The van der Waals surface area contributed by atoms with Crippen LogP contribution in [-0.2, 0) is 16.4 Å². The van der Waals surface area contributed by atoms with Crippen LogP contribution in [0.25, 0.3) is 11.3 Å². The van der Waals surface area contributed by atoms with E-state index in [1.54, 1.807) is 18.3 Å². The Labute approximate surface area is 240 Å². The standard InChI is InChI=1S/C30H30F4N6O2/c1-39-10-7-23(18-39)38-28(41)29(21-3-5-25(36-16-21)24-14-22(31)17-37-27(24)42-2)8-11-40(12-9-29)26-6-4-20(30(32,33)34)13-19(26)15-35/h3-6,13-14,16-17,23H,7-12,18H2,1-2H3,(H,38,41)/t23-/m1/s1. The molecule has 1 atom stereocenters. The van der Waals surface area contributed by atoms with Crippen molar-refractivity contribution >= 4 is 11.6 Å². The van der Waals surface area contributed by atoms with Crippen LogP contribution >= 0.6 is 0 Å². The number of likely N-dealkylation sites (tertiary alicyclic amines) is 1. The lowest BCUT2D eigenvalue weighted by atomic mass is 9.72. The quantitative estimate of drug-likeness (QED) is 0.427. The largest absolute Gasteiger partial charge is 0.481 e. The number of hydrogen-bond donors (Lipinski definition) is 1. The number of pyridine rings is 2. The zero-order valence-corrected chi connectivity index (χ0v) is 23.2. The van der Waals surface area contributed by atoms with Crippen molar-refractivity contribution in [3.05, 3.63) is 71.3 Å². The molecule has 2 aliphatic heterocycles. The Bertz CT molecular complexity index is 1500. The molecule has 0 aliphatic carbocycles. The summed E-state index contributed by atoms with van der Waals surface area (Å²) in [5.74, 6) is -0.469. The van der Waals surface area contributed by atoms with Crippen molar-refractivity contribution in [1.29, 1.82) is 5.26 Å². The minimum absolute atomic E-state index is 0.00706. The lowest BCUT2D eigenvalue weighted by Crippen LogP contribution is -2.54. The lowest BCUT2D eigenvalue weighted by Gasteiger charge is -2.42. The number of methoxy groups -OCH3 is 1. The number of ether oxygens (including phenoxy) is 1. The van der Waals surface area contributed by atoms with Crippen LogP contribution < -0.4 is 15.0 Å². The number of rotatable bonds is 6. The summed E-state index contributed by atoms with van der Waals surface area (Å²) in [7, 11) is 3.43. The predicted octanol–water partition coefficient (Wildman–Crippen LogP) is 4.54. The molecule has 0 spiro atoms. The van der Waals surface area contributed by atoms with Gasteiger partial charge in [-0.15, -0.1) is 0 Å². The number of carbonyl (C=O) groups excluding carboxylic acids is 1. The average Bonchev–Trinajstić information content (AvgIpc) is 3.40. The molecule has 2 fully saturated rings. The van der Waals surface area contributed by atoms with Gasteiger partial charge in [-0.1, -0.05) is 6.07 Å². The van der Waals surface area contributed by atoms with E-state index in [1.165, 1.54) is 19.2 Å². The van der Waals surface area contributed by atoms with Crippen molar-refractivity contribution in [2.45, 2.75) is 36.9 Å². The summed E-state index contributed by atoms with van der Waals surface area (Å²) in [6, 6.07) is 9.80. The number of alkyl halides is 3. The number of amides is 1. The molecule has 1 N–H and O–H groups in total. The summed E-state index contributed by atoms with van der Waals surface area (Å²) in [4.78, 5) is 26.5. The average molecular weight is 583 g/mol. The molecule has 0 unspecified atom stereocenters. The third-order valence-electron chi connectivity index (χ3n) is 8.17. The van der Waals surface area contributed by atoms with Crippen molar-refractivity contribution in [2.75, 3.05) is 45.2 Å². The first-order chi connectivity index (χ1) is 20.0. The van der Waals surface area contributed by atoms with E-state index >= 15 is 0 Å². The van der Waals surface area contributed by atoms with Gasteiger partial charge >= 0.3 is 6.18 Å². The van der Waals surface area contributed by atoms with Crippen LogP contribution in [0.2, 0.25) is 0 Å². The molecule has 2 aromatic heterocycles. The summed E-state index contributed by atoms with van der Waals surface area (Å²) in [5.41, 5.74) is -0.0475. The molecular formula is C30H30F4N6O2. The van der Waals surface area contributed by atoms with Gasteiger partial charge in [0.1, 0.15) is 11.9 Å². The van der Waals surface area contributed by atoms with Gasteiger partial charge in [-0.3, -0.25) is 9.78 Å². The highest BCUT2D eigenvalue weighted by molar-refractivity contribution is 5.89. The number of halogens is 4. The number of nitriles is 1.